The predicted molar refractivity (Wildman–Crippen MR) is 151 cm³/mol. The van der Waals surface area contributed by atoms with Gasteiger partial charge in [0.2, 0.25) is 0 Å². The van der Waals surface area contributed by atoms with E-state index in [0.29, 0.717) is 6.61 Å². The highest BCUT2D eigenvalue weighted by atomic mass is 16.6. The number of carbonyl (C=O) groups is 1. The van der Waals surface area contributed by atoms with E-state index in [4.69, 9.17) is 4.74 Å². The van der Waals surface area contributed by atoms with Crippen LogP contribution in [-0.4, -0.2) is 29.7 Å². The lowest BCUT2D eigenvalue weighted by Gasteiger charge is -2.44. The number of nitrogens with zero attached hydrogens (tertiary/aromatic N) is 1. The molecule has 1 fully saturated rings. The van der Waals surface area contributed by atoms with E-state index in [1.807, 2.05) is 0 Å². The summed E-state index contributed by atoms with van der Waals surface area (Å²) in [7, 11) is 0. The molecule has 3 aromatic rings. The first kappa shape index (κ1) is 24.0. The van der Waals surface area contributed by atoms with E-state index in [9.17, 15) is 4.79 Å². The quantitative estimate of drug-likeness (QED) is 0.361. The van der Waals surface area contributed by atoms with E-state index in [1.165, 1.54) is 56.5 Å². The monoisotopic (exact) mass is 491 g/mol. The molecule has 0 N–H and O–H groups in total. The van der Waals surface area contributed by atoms with Crippen LogP contribution in [0.3, 0.4) is 0 Å². The zero-order chi connectivity index (χ0) is 25.5. The number of carbonyl (C=O) groups excluding carboxylic acids is 1. The van der Waals surface area contributed by atoms with Crippen molar-refractivity contribution in [1.29, 1.82) is 0 Å². The Balaban J connectivity index is 1.25. The molecule has 1 saturated heterocycles. The molecule has 6 rings (SSSR count). The van der Waals surface area contributed by atoms with Gasteiger partial charge in [0.1, 0.15) is 6.61 Å². The van der Waals surface area contributed by atoms with Gasteiger partial charge in [-0.1, -0.05) is 86.2 Å². The number of piperidine rings is 1. The number of rotatable bonds is 5. The summed E-state index contributed by atoms with van der Waals surface area (Å²) in [6, 6.07) is 22.1. The van der Waals surface area contributed by atoms with Crippen molar-refractivity contribution in [2.75, 3.05) is 6.61 Å². The maximum atomic E-state index is 13.6. The largest absolute Gasteiger partial charge is 0.448 e. The molecule has 37 heavy (non-hydrogen) atoms. The van der Waals surface area contributed by atoms with Gasteiger partial charge in [-0.05, 0) is 90.0 Å². The smallest absolute Gasteiger partial charge is 0.410 e. The van der Waals surface area contributed by atoms with Gasteiger partial charge in [0.25, 0.3) is 0 Å². The Labute approximate surface area is 221 Å². The Hall–Kier alpha value is -3.33. The molecule has 0 radical (unpaired) electrons. The number of ether oxygens (including phenoxy) is 1. The Morgan fingerprint density at radius 2 is 1.54 bits per heavy atom. The second kappa shape index (κ2) is 9.85. The van der Waals surface area contributed by atoms with Gasteiger partial charge in [-0.3, -0.25) is 4.90 Å². The van der Waals surface area contributed by atoms with Crippen molar-refractivity contribution in [2.24, 2.45) is 0 Å². The maximum absolute atomic E-state index is 13.6. The van der Waals surface area contributed by atoms with Gasteiger partial charge in [0, 0.05) is 12.0 Å². The zero-order valence-electron chi connectivity index (χ0n) is 22.3. The fraction of sp³-hybridized carbons (Fsp3) is 0.382. The van der Waals surface area contributed by atoms with Crippen molar-refractivity contribution in [3.05, 3.63) is 100 Å². The molecule has 2 atom stereocenters. The molecule has 3 aliphatic rings. The van der Waals surface area contributed by atoms with Gasteiger partial charge in [0.15, 0.2) is 0 Å². The summed E-state index contributed by atoms with van der Waals surface area (Å²) in [4.78, 5) is 15.7. The topological polar surface area (TPSA) is 29.5 Å². The summed E-state index contributed by atoms with van der Waals surface area (Å²) >= 11 is 0. The summed E-state index contributed by atoms with van der Waals surface area (Å²) in [5, 5.41) is 0. The number of fused-ring (bicyclic) bond motifs is 5. The van der Waals surface area contributed by atoms with Crippen LogP contribution in [0, 0.1) is 6.92 Å². The first-order valence-electron chi connectivity index (χ1n) is 14.1. The molecule has 190 valence electrons. The summed E-state index contributed by atoms with van der Waals surface area (Å²) in [6.45, 7) is 7.10. The van der Waals surface area contributed by atoms with Crippen molar-refractivity contribution in [3.63, 3.8) is 0 Å². The number of amides is 1. The fourth-order valence-electron chi connectivity index (χ4n) is 7.08. The van der Waals surface area contributed by atoms with Crippen LogP contribution in [0.1, 0.15) is 78.8 Å². The molecular formula is C34H37NO2. The summed E-state index contributed by atoms with van der Waals surface area (Å²) < 4.78 is 6.12. The van der Waals surface area contributed by atoms with Gasteiger partial charge in [-0.2, -0.15) is 0 Å². The number of hydrogen-bond acceptors (Lipinski definition) is 2. The molecule has 2 aliphatic heterocycles. The van der Waals surface area contributed by atoms with E-state index < -0.39 is 0 Å². The van der Waals surface area contributed by atoms with Crippen LogP contribution in [0.2, 0.25) is 0 Å². The molecule has 0 saturated carbocycles. The van der Waals surface area contributed by atoms with Crippen LogP contribution >= 0.6 is 0 Å². The van der Waals surface area contributed by atoms with Crippen molar-refractivity contribution >= 4 is 11.7 Å². The SMILES string of the molecule is CCc1cc(C)cc(CC)c1C1=CC2CCCC(C1)N2C(=O)OCC1c2ccccc2-c2ccccc21. The maximum Gasteiger partial charge on any atom is 0.410 e. The van der Waals surface area contributed by atoms with Gasteiger partial charge in [-0.25, -0.2) is 4.79 Å². The number of aryl methyl sites for hydroxylation is 3. The van der Waals surface area contributed by atoms with Crippen LogP contribution in [0.15, 0.2) is 66.7 Å². The molecule has 2 unspecified atom stereocenters. The standard InChI is InChI=1S/C34H37NO2/c1-4-23-17-22(3)18-24(5-2)33(23)25-19-26-11-10-12-27(20-25)35(26)34(36)37-21-32-30-15-8-6-13-28(30)29-14-7-9-16-31(29)32/h6-9,13-19,26-27,32H,4-5,10-12,20-21H2,1-3H3. The van der Waals surface area contributed by atoms with Crippen LogP contribution < -0.4 is 0 Å². The Morgan fingerprint density at radius 1 is 0.919 bits per heavy atom. The van der Waals surface area contributed by atoms with Crippen molar-refractivity contribution < 1.29 is 9.53 Å². The second-order valence-electron chi connectivity index (χ2n) is 10.9. The van der Waals surface area contributed by atoms with Crippen LogP contribution in [-0.2, 0) is 17.6 Å². The summed E-state index contributed by atoms with van der Waals surface area (Å²) in [6.07, 6.45) is 8.46. The van der Waals surface area contributed by atoms with Crippen molar-refractivity contribution in [1.82, 2.24) is 4.90 Å². The van der Waals surface area contributed by atoms with E-state index >= 15 is 0 Å². The van der Waals surface area contributed by atoms with Gasteiger partial charge < -0.3 is 4.74 Å². The highest BCUT2D eigenvalue weighted by Gasteiger charge is 2.39. The first-order valence-corrected chi connectivity index (χ1v) is 14.1. The Kier molecular flexibility index (Phi) is 6.40. The molecule has 1 amide bonds. The third kappa shape index (κ3) is 4.19. The fourth-order valence-corrected chi connectivity index (χ4v) is 7.08. The highest BCUT2D eigenvalue weighted by Crippen LogP contribution is 2.45. The van der Waals surface area contributed by atoms with Crippen molar-refractivity contribution in [3.8, 4) is 11.1 Å². The van der Waals surface area contributed by atoms with Gasteiger partial charge >= 0.3 is 6.09 Å². The lowest BCUT2D eigenvalue weighted by molar-refractivity contribution is 0.0539. The molecule has 3 nitrogen and oxygen atoms in total. The molecule has 1 aliphatic carbocycles. The predicted octanol–water partition coefficient (Wildman–Crippen LogP) is 8.08. The van der Waals surface area contributed by atoms with E-state index in [2.05, 4.69) is 92.4 Å². The molecular weight excluding hydrogens is 454 g/mol. The molecule has 3 aromatic carbocycles. The van der Waals surface area contributed by atoms with E-state index in [0.717, 1.165) is 32.1 Å². The molecule has 3 heteroatoms. The van der Waals surface area contributed by atoms with Crippen LogP contribution in [0.4, 0.5) is 4.79 Å². The minimum Gasteiger partial charge on any atom is -0.448 e. The molecule has 0 spiro atoms. The average Bonchev–Trinajstić information content (AvgIpc) is 3.24. The minimum absolute atomic E-state index is 0.0962. The molecule has 2 bridgehead atoms. The Morgan fingerprint density at radius 3 is 2.14 bits per heavy atom. The lowest BCUT2D eigenvalue weighted by Crippen LogP contribution is -2.52. The second-order valence-corrected chi connectivity index (χ2v) is 10.9. The van der Waals surface area contributed by atoms with Crippen LogP contribution in [0.25, 0.3) is 16.7 Å². The lowest BCUT2D eigenvalue weighted by atomic mass is 9.79. The number of hydrogen-bond donors (Lipinski definition) is 0. The van der Waals surface area contributed by atoms with E-state index in [-0.39, 0.29) is 24.1 Å². The highest BCUT2D eigenvalue weighted by molar-refractivity contribution is 5.80. The third-order valence-corrected chi connectivity index (χ3v) is 8.71. The number of benzene rings is 3. The summed E-state index contributed by atoms with van der Waals surface area (Å²) in [5.74, 6) is 0.0962. The molecule has 0 aromatic heterocycles. The van der Waals surface area contributed by atoms with E-state index in [1.54, 1.807) is 0 Å². The van der Waals surface area contributed by atoms with Crippen molar-refractivity contribution in [2.45, 2.75) is 77.3 Å². The van der Waals surface area contributed by atoms with Crippen LogP contribution in [0.5, 0.6) is 0 Å². The normalized spacial score (nSPS) is 20.3. The summed E-state index contributed by atoms with van der Waals surface area (Å²) in [5.41, 5.74) is 12.1. The van der Waals surface area contributed by atoms with Gasteiger partial charge in [0.05, 0.1) is 6.04 Å². The molecule has 2 heterocycles. The minimum atomic E-state index is -0.151. The zero-order valence-corrected chi connectivity index (χ0v) is 22.3. The third-order valence-electron chi connectivity index (χ3n) is 8.71. The first-order chi connectivity index (χ1) is 18.1. The Bertz CT molecular complexity index is 1300. The average molecular weight is 492 g/mol. The van der Waals surface area contributed by atoms with Gasteiger partial charge in [-0.15, -0.1) is 0 Å².